The number of carbonyl (C=O) groups is 2. The maximum atomic E-state index is 13.3. The molecule has 0 bridgehead atoms. The Balaban J connectivity index is 1.58. The maximum absolute atomic E-state index is 13.3. The van der Waals surface area contributed by atoms with Gasteiger partial charge in [0.15, 0.2) is 0 Å². The number of hydrogen-bond acceptors (Lipinski definition) is 3. The third kappa shape index (κ3) is 3.71. The van der Waals surface area contributed by atoms with E-state index in [0.717, 1.165) is 5.75 Å². The Bertz CT molecular complexity index is 749. The first-order valence-corrected chi connectivity index (χ1v) is 7.68. The van der Waals surface area contributed by atoms with Crippen LogP contribution in [0.5, 0.6) is 5.75 Å². The third-order valence-electron chi connectivity index (χ3n) is 3.78. The van der Waals surface area contributed by atoms with E-state index in [-0.39, 0.29) is 18.2 Å². The van der Waals surface area contributed by atoms with E-state index >= 15 is 0 Å². The Morgan fingerprint density at radius 3 is 2.83 bits per heavy atom. The van der Waals surface area contributed by atoms with E-state index in [1.54, 1.807) is 0 Å². The van der Waals surface area contributed by atoms with Gasteiger partial charge in [0.1, 0.15) is 18.2 Å². The third-order valence-corrected chi connectivity index (χ3v) is 3.78. The van der Waals surface area contributed by atoms with E-state index in [1.807, 2.05) is 30.3 Å². The molecule has 124 valence electrons. The minimum absolute atomic E-state index is 0.0456. The molecule has 1 heterocycles. The van der Waals surface area contributed by atoms with Crippen molar-refractivity contribution in [1.82, 2.24) is 5.32 Å². The quantitative estimate of drug-likeness (QED) is 0.829. The van der Waals surface area contributed by atoms with Crippen LogP contribution in [0.15, 0.2) is 48.5 Å². The molecule has 0 unspecified atom stereocenters. The zero-order valence-electron chi connectivity index (χ0n) is 12.9. The second-order valence-electron chi connectivity index (χ2n) is 5.49. The lowest BCUT2D eigenvalue weighted by Crippen LogP contribution is -2.36. The normalized spacial score (nSPS) is 16.0. The second-order valence-corrected chi connectivity index (χ2v) is 5.49. The van der Waals surface area contributed by atoms with Crippen molar-refractivity contribution in [3.05, 3.63) is 59.9 Å². The standard InChI is InChI=1S/C18H17FN2O3/c19-12-6-7-14-15(11-17(22)21-16(14)10-12)18(23)20-8-9-24-13-4-2-1-3-5-13/h1-7,10,15H,8-9,11H2,(H,20,23)(H,21,22)/t15-/m0/s1. The SMILES string of the molecule is O=C1C[C@H](C(=O)NCCOc2ccccc2)c2ccc(F)cc2N1. The predicted molar refractivity (Wildman–Crippen MR) is 87.3 cm³/mol. The van der Waals surface area contributed by atoms with Gasteiger partial charge in [0, 0.05) is 12.1 Å². The molecule has 0 saturated heterocycles. The van der Waals surface area contributed by atoms with E-state index in [9.17, 15) is 14.0 Å². The average Bonchev–Trinajstić information content (AvgIpc) is 2.58. The summed E-state index contributed by atoms with van der Waals surface area (Å²) in [7, 11) is 0. The van der Waals surface area contributed by atoms with Gasteiger partial charge in [0.2, 0.25) is 11.8 Å². The molecule has 2 aromatic carbocycles. The number of anilines is 1. The van der Waals surface area contributed by atoms with Gasteiger partial charge < -0.3 is 15.4 Å². The van der Waals surface area contributed by atoms with Gasteiger partial charge >= 0.3 is 0 Å². The first-order chi connectivity index (χ1) is 11.6. The highest BCUT2D eigenvalue weighted by molar-refractivity contribution is 6.01. The van der Waals surface area contributed by atoms with E-state index in [1.165, 1.54) is 18.2 Å². The van der Waals surface area contributed by atoms with Crippen molar-refractivity contribution in [2.24, 2.45) is 0 Å². The van der Waals surface area contributed by atoms with E-state index in [2.05, 4.69) is 10.6 Å². The topological polar surface area (TPSA) is 67.4 Å². The van der Waals surface area contributed by atoms with Crippen molar-refractivity contribution in [1.29, 1.82) is 0 Å². The zero-order valence-corrected chi connectivity index (χ0v) is 12.9. The van der Waals surface area contributed by atoms with Crippen LogP contribution in [0.1, 0.15) is 17.9 Å². The number of amides is 2. The van der Waals surface area contributed by atoms with Gasteiger partial charge in [-0.05, 0) is 29.8 Å². The minimum Gasteiger partial charge on any atom is -0.492 e. The number of hydrogen-bond donors (Lipinski definition) is 2. The van der Waals surface area contributed by atoms with Gasteiger partial charge in [0.05, 0.1) is 12.5 Å². The van der Waals surface area contributed by atoms with Gasteiger partial charge in [0.25, 0.3) is 0 Å². The van der Waals surface area contributed by atoms with Gasteiger partial charge in [-0.1, -0.05) is 24.3 Å². The molecule has 0 aromatic heterocycles. The first kappa shape index (κ1) is 16.0. The number of fused-ring (bicyclic) bond motifs is 1. The predicted octanol–water partition coefficient (Wildman–Crippen LogP) is 2.45. The number of para-hydroxylation sites is 1. The summed E-state index contributed by atoms with van der Waals surface area (Å²) in [6, 6.07) is 13.3. The lowest BCUT2D eigenvalue weighted by atomic mass is 9.90. The Kier molecular flexibility index (Phi) is 4.74. The summed E-state index contributed by atoms with van der Waals surface area (Å²) in [6.07, 6.45) is 0.0456. The first-order valence-electron chi connectivity index (χ1n) is 7.68. The molecule has 0 aliphatic carbocycles. The molecule has 0 fully saturated rings. The van der Waals surface area contributed by atoms with Crippen LogP contribution in [0.2, 0.25) is 0 Å². The van der Waals surface area contributed by atoms with Crippen molar-refractivity contribution in [2.75, 3.05) is 18.5 Å². The summed E-state index contributed by atoms with van der Waals surface area (Å²) in [6.45, 7) is 0.646. The average molecular weight is 328 g/mol. The van der Waals surface area contributed by atoms with Crippen LogP contribution in [0.4, 0.5) is 10.1 Å². The van der Waals surface area contributed by atoms with Crippen LogP contribution in [0, 0.1) is 5.82 Å². The molecule has 1 aliphatic rings. The maximum Gasteiger partial charge on any atom is 0.228 e. The highest BCUT2D eigenvalue weighted by Crippen LogP contribution is 2.32. The number of benzene rings is 2. The molecule has 2 N–H and O–H groups in total. The van der Waals surface area contributed by atoms with Crippen molar-refractivity contribution in [3.8, 4) is 5.75 Å². The summed E-state index contributed by atoms with van der Waals surface area (Å²) in [4.78, 5) is 24.1. The summed E-state index contributed by atoms with van der Waals surface area (Å²) >= 11 is 0. The lowest BCUT2D eigenvalue weighted by molar-refractivity contribution is -0.126. The van der Waals surface area contributed by atoms with Gasteiger partial charge in [-0.2, -0.15) is 0 Å². The van der Waals surface area contributed by atoms with Crippen molar-refractivity contribution in [3.63, 3.8) is 0 Å². The number of ether oxygens (including phenoxy) is 1. The van der Waals surface area contributed by atoms with E-state index in [0.29, 0.717) is 24.4 Å². The molecule has 3 rings (SSSR count). The Morgan fingerprint density at radius 2 is 2.04 bits per heavy atom. The number of nitrogens with one attached hydrogen (secondary N) is 2. The molecule has 5 nitrogen and oxygen atoms in total. The summed E-state index contributed by atoms with van der Waals surface area (Å²) < 4.78 is 18.8. The number of halogens is 1. The van der Waals surface area contributed by atoms with Crippen molar-refractivity contribution < 1.29 is 18.7 Å². The Labute approximate surface area is 138 Å². The largest absolute Gasteiger partial charge is 0.492 e. The molecule has 2 amide bonds. The molecular weight excluding hydrogens is 311 g/mol. The zero-order chi connectivity index (χ0) is 16.9. The summed E-state index contributed by atoms with van der Waals surface area (Å²) in [5, 5.41) is 5.35. The molecule has 0 radical (unpaired) electrons. The lowest BCUT2D eigenvalue weighted by Gasteiger charge is -2.24. The van der Waals surface area contributed by atoms with E-state index in [4.69, 9.17) is 4.74 Å². The molecule has 24 heavy (non-hydrogen) atoms. The molecule has 1 aliphatic heterocycles. The monoisotopic (exact) mass is 328 g/mol. The minimum atomic E-state index is -0.619. The smallest absolute Gasteiger partial charge is 0.228 e. The van der Waals surface area contributed by atoms with Crippen LogP contribution >= 0.6 is 0 Å². The van der Waals surface area contributed by atoms with Crippen LogP contribution in [0.3, 0.4) is 0 Å². The van der Waals surface area contributed by atoms with Gasteiger partial charge in [-0.25, -0.2) is 4.39 Å². The van der Waals surface area contributed by atoms with E-state index < -0.39 is 11.7 Å². The molecule has 1 atom stereocenters. The van der Waals surface area contributed by atoms with Crippen molar-refractivity contribution >= 4 is 17.5 Å². The van der Waals surface area contributed by atoms with Crippen LogP contribution in [0.25, 0.3) is 0 Å². The summed E-state index contributed by atoms with van der Waals surface area (Å²) in [5.74, 6) is -0.912. The van der Waals surface area contributed by atoms with Crippen LogP contribution in [-0.2, 0) is 9.59 Å². The van der Waals surface area contributed by atoms with Crippen LogP contribution in [-0.4, -0.2) is 25.0 Å². The summed E-state index contributed by atoms with van der Waals surface area (Å²) in [5.41, 5.74) is 0.976. The number of rotatable bonds is 5. The van der Waals surface area contributed by atoms with Crippen LogP contribution < -0.4 is 15.4 Å². The van der Waals surface area contributed by atoms with Crippen molar-refractivity contribution in [2.45, 2.75) is 12.3 Å². The molecule has 0 saturated carbocycles. The van der Waals surface area contributed by atoms with Gasteiger partial charge in [-0.3, -0.25) is 9.59 Å². The Morgan fingerprint density at radius 1 is 1.25 bits per heavy atom. The highest BCUT2D eigenvalue weighted by atomic mass is 19.1. The number of carbonyl (C=O) groups excluding carboxylic acids is 2. The Hall–Kier alpha value is -2.89. The van der Waals surface area contributed by atoms with Gasteiger partial charge in [-0.15, -0.1) is 0 Å². The molecule has 6 heteroatoms. The highest BCUT2D eigenvalue weighted by Gasteiger charge is 2.30. The fourth-order valence-electron chi connectivity index (χ4n) is 2.65. The molecular formula is C18H17FN2O3. The molecule has 2 aromatic rings. The fourth-order valence-corrected chi connectivity index (χ4v) is 2.65. The molecule has 0 spiro atoms. The second kappa shape index (κ2) is 7.12. The fraction of sp³-hybridized carbons (Fsp3) is 0.222.